The van der Waals surface area contributed by atoms with Gasteiger partial charge in [0.25, 0.3) is 0 Å². The van der Waals surface area contributed by atoms with E-state index in [1.165, 1.54) is 4.31 Å². The Morgan fingerprint density at radius 2 is 1.89 bits per heavy atom. The molecule has 2 aliphatic rings. The van der Waals surface area contributed by atoms with E-state index >= 15 is 0 Å². The zero-order chi connectivity index (χ0) is 18.9. The third-order valence-corrected chi connectivity index (χ3v) is 6.87. The highest BCUT2D eigenvalue weighted by Gasteiger charge is 2.39. The average Bonchev–Trinajstić information content (AvgIpc) is 3.38. The summed E-state index contributed by atoms with van der Waals surface area (Å²) in [5, 5.41) is 8.29. The molecule has 0 N–H and O–H groups in total. The monoisotopic (exact) mass is 389 g/mol. The van der Waals surface area contributed by atoms with Crippen molar-refractivity contribution in [1.29, 1.82) is 0 Å². The minimum Gasteiger partial charge on any atom is -0.497 e. The van der Waals surface area contributed by atoms with E-state index < -0.39 is 10.0 Å². The predicted molar refractivity (Wildman–Crippen MR) is 101 cm³/mol. The molecule has 0 saturated carbocycles. The number of hydrogen-bond donors (Lipinski definition) is 0. The number of nitrogens with zero attached hydrogens (tertiary/aromatic N) is 5. The molecule has 3 heterocycles. The first-order valence-electron chi connectivity index (χ1n) is 8.92. The molecule has 1 saturated heterocycles. The summed E-state index contributed by atoms with van der Waals surface area (Å²) in [5.41, 5.74) is 1.73. The fraction of sp³-hybridized carbons (Fsp3) is 0.444. The van der Waals surface area contributed by atoms with Crippen molar-refractivity contribution in [2.24, 2.45) is 0 Å². The molecule has 144 valence electrons. The van der Waals surface area contributed by atoms with Gasteiger partial charge in [0, 0.05) is 25.7 Å². The molecule has 0 aliphatic carbocycles. The molecule has 4 rings (SSSR count). The van der Waals surface area contributed by atoms with E-state index in [9.17, 15) is 8.42 Å². The van der Waals surface area contributed by atoms with Gasteiger partial charge in [-0.3, -0.25) is 4.90 Å². The highest BCUT2D eigenvalue weighted by Crippen LogP contribution is 2.22. The van der Waals surface area contributed by atoms with Gasteiger partial charge in [0.05, 0.1) is 37.8 Å². The lowest BCUT2D eigenvalue weighted by molar-refractivity contribution is 0.250. The molecule has 1 fully saturated rings. The second kappa shape index (κ2) is 7.41. The Labute approximate surface area is 159 Å². The smallest absolute Gasteiger partial charge is 0.216 e. The Hall–Kier alpha value is -2.23. The second-order valence-corrected chi connectivity index (χ2v) is 8.92. The fourth-order valence-corrected chi connectivity index (χ4v) is 5.25. The molecular weight excluding hydrogens is 366 g/mol. The first-order chi connectivity index (χ1) is 13.0. The number of methoxy groups -OCH3 is 1. The van der Waals surface area contributed by atoms with Gasteiger partial charge < -0.3 is 4.74 Å². The van der Waals surface area contributed by atoms with Crippen molar-refractivity contribution in [3.8, 4) is 5.75 Å². The van der Waals surface area contributed by atoms with Gasteiger partial charge in [0.15, 0.2) is 0 Å². The molecule has 1 unspecified atom stereocenters. The standard InChI is InChI=1S/C18H23N5O3S/c1-26-18-6-4-15(5-7-18)10-22-11-16(19-20-22)12-23-13-17(14-27(23,24)25)21-8-2-3-9-21/h2-7,11,17H,8-10,12-14H2,1H3. The topological polar surface area (TPSA) is 80.6 Å². The van der Waals surface area contributed by atoms with E-state index in [-0.39, 0.29) is 18.3 Å². The highest BCUT2D eigenvalue weighted by molar-refractivity contribution is 7.89. The lowest BCUT2D eigenvalue weighted by Crippen LogP contribution is -2.37. The van der Waals surface area contributed by atoms with Gasteiger partial charge in [-0.1, -0.05) is 29.5 Å². The van der Waals surface area contributed by atoms with Crippen molar-refractivity contribution in [2.45, 2.75) is 19.1 Å². The van der Waals surface area contributed by atoms with Gasteiger partial charge in [-0.25, -0.2) is 13.1 Å². The van der Waals surface area contributed by atoms with E-state index in [1.54, 1.807) is 11.8 Å². The summed E-state index contributed by atoms with van der Waals surface area (Å²) in [7, 11) is -1.62. The third kappa shape index (κ3) is 4.05. The summed E-state index contributed by atoms with van der Waals surface area (Å²) in [6, 6.07) is 7.79. The van der Waals surface area contributed by atoms with Crippen LogP contribution in [-0.4, -0.2) is 71.2 Å². The van der Waals surface area contributed by atoms with Crippen LogP contribution in [0.3, 0.4) is 0 Å². The summed E-state index contributed by atoms with van der Waals surface area (Å²) in [5.74, 6) is 0.981. The molecule has 2 aliphatic heterocycles. The summed E-state index contributed by atoms with van der Waals surface area (Å²) in [6.07, 6.45) is 5.98. The molecule has 8 nitrogen and oxygen atoms in total. The largest absolute Gasteiger partial charge is 0.497 e. The fourth-order valence-electron chi connectivity index (χ4n) is 3.51. The average molecular weight is 389 g/mol. The van der Waals surface area contributed by atoms with Crippen LogP contribution in [0.15, 0.2) is 42.6 Å². The lowest BCUT2D eigenvalue weighted by Gasteiger charge is -2.21. The van der Waals surface area contributed by atoms with E-state index in [4.69, 9.17) is 4.74 Å². The summed E-state index contributed by atoms with van der Waals surface area (Å²) < 4.78 is 33.4. The Bertz CT molecular complexity index is 915. The SMILES string of the molecule is COc1ccc(Cn2cc(CN3CC(N4CC=CC4)CS3(=O)=O)nn2)cc1. The molecule has 0 amide bonds. The number of ether oxygens (including phenoxy) is 1. The number of benzene rings is 1. The summed E-state index contributed by atoms with van der Waals surface area (Å²) in [4.78, 5) is 2.19. The summed E-state index contributed by atoms with van der Waals surface area (Å²) >= 11 is 0. The molecular formula is C18H23N5O3S. The van der Waals surface area contributed by atoms with Crippen molar-refractivity contribution in [1.82, 2.24) is 24.2 Å². The minimum absolute atomic E-state index is 0.0411. The Kier molecular flexibility index (Phi) is 4.98. The van der Waals surface area contributed by atoms with Crippen LogP contribution in [0.1, 0.15) is 11.3 Å². The second-order valence-electron chi connectivity index (χ2n) is 6.91. The number of sulfonamides is 1. The van der Waals surface area contributed by atoms with Crippen molar-refractivity contribution in [2.75, 3.05) is 32.5 Å². The quantitative estimate of drug-likeness (QED) is 0.678. The molecule has 0 spiro atoms. The van der Waals surface area contributed by atoms with Crippen LogP contribution >= 0.6 is 0 Å². The molecule has 0 radical (unpaired) electrons. The van der Waals surface area contributed by atoms with Gasteiger partial charge >= 0.3 is 0 Å². The van der Waals surface area contributed by atoms with Crippen LogP contribution in [0.5, 0.6) is 5.75 Å². The van der Waals surface area contributed by atoms with Crippen molar-refractivity contribution in [3.05, 3.63) is 53.9 Å². The zero-order valence-corrected chi connectivity index (χ0v) is 16.0. The van der Waals surface area contributed by atoms with Crippen molar-refractivity contribution in [3.63, 3.8) is 0 Å². The van der Waals surface area contributed by atoms with E-state index in [0.717, 1.165) is 24.4 Å². The van der Waals surface area contributed by atoms with Gasteiger partial charge in [-0.2, -0.15) is 4.31 Å². The Morgan fingerprint density at radius 3 is 2.59 bits per heavy atom. The third-order valence-electron chi connectivity index (χ3n) is 5.00. The van der Waals surface area contributed by atoms with E-state index in [1.807, 2.05) is 30.5 Å². The van der Waals surface area contributed by atoms with Gasteiger partial charge in [-0.05, 0) is 17.7 Å². The van der Waals surface area contributed by atoms with Gasteiger partial charge in [0.1, 0.15) is 5.75 Å². The van der Waals surface area contributed by atoms with Crippen LogP contribution < -0.4 is 4.74 Å². The van der Waals surface area contributed by atoms with Gasteiger partial charge in [0.2, 0.25) is 10.0 Å². The van der Waals surface area contributed by atoms with Gasteiger partial charge in [-0.15, -0.1) is 5.10 Å². The first-order valence-corrected chi connectivity index (χ1v) is 10.5. The molecule has 9 heteroatoms. The lowest BCUT2D eigenvalue weighted by atomic mass is 10.2. The molecule has 1 atom stereocenters. The number of aromatic nitrogens is 3. The first kappa shape index (κ1) is 18.1. The molecule has 27 heavy (non-hydrogen) atoms. The molecule has 0 bridgehead atoms. The Balaban J connectivity index is 1.39. The maximum absolute atomic E-state index is 12.5. The Morgan fingerprint density at radius 1 is 1.15 bits per heavy atom. The highest BCUT2D eigenvalue weighted by atomic mass is 32.2. The van der Waals surface area contributed by atoms with Crippen LogP contribution in [-0.2, 0) is 23.1 Å². The predicted octanol–water partition coefficient (Wildman–Crippen LogP) is 0.721. The molecule has 1 aromatic heterocycles. The van der Waals surface area contributed by atoms with Crippen LogP contribution in [0.4, 0.5) is 0 Å². The zero-order valence-electron chi connectivity index (χ0n) is 15.2. The van der Waals surface area contributed by atoms with Crippen LogP contribution in [0, 0.1) is 0 Å². The van der Waals surface area contributed by atoms with E-state index in [2.05, 4.69) is 27.4 Å². The normalized spacial score (nSPS) is 22.5. The maximum atomic E-state index is 12.5. The maximum Gasteiger partial charge on any atom is 0.216 e. The van der Waals surface area contributed by atoms with Crippen molar-refractivity contribution >= 4 is 10.0 Å². The van der Waals surface area contributed by atoms with Crippen LogP contribution in [0.25, 0.3) is 0 Å². The molecule has 2 aromatic rings. The summed E-state index contributed by atoms with van der Waals surface area (Å²) in [6.45, 7) is 3.00. The van der Waals surface area contributed by atoms with E-state index in [0.29, 0.717) is 18.8 Å². The van der Waals surface area contributed by atoms with Crippen LogP contribution in [0.2, 0.25) is 0 Å². The number of rotatable bonds is 6. The molecule has 1 aromatic carbocycles. The van der Waals surface area contributed by atoms with Crippen molar-refractivity contribution < 1.29 is 13.2 Å². The minimum atomic E-state index is -3.26. The number of hydrogen-bond acceptors (Lipinski definition) is 6.